The third kappa shape index (κ3) is 2.58. The number of pyridine rings is 1. The quantitative estimate of drug-likeness (QED) is 0.575. The first-order valence-corrected chi connectivity index (χ1v) is 8.13. The van der Waals surface area contributed by atoms with Crippen molar-refractivity contribution in [2.75, 3.05) is 0 Å². The second kappa shape index (κ2) is 5.92. The van der Waals surface area contributed by atoms with Crippen molar-refractivity contribution in [2.24, 2.45) is 0 Å². The van der Waals surface area contributed by atoms with Gasteiger partial charge in [-0.15, -0.1) is 0 Å². The third-order valence-electron chi connectivity index (χ3n) is 4.07. The highest BCUT2D eigenvalue weighted by atomic mass is 15.4. The Morgan fingerprint density at radius 2 is 1.88 bits per heavy atom. The van der Waals surface area contributed by atoms with Gasteiger partial charge >= 0.3 is 0 Å². The lowest BCUT2D eigenvalue weighted by Gasteiger charge is -2.01. The van der Waals surface area contributed by atoms with Crippen molar-refractivity contribution < 1.29 is 0 Å². The summed E-state index contributed by atoms with van der Waals surface area (Å²) >= 11 is 0. The topological polar surface area (TPSA) is 48.5 Å². The molecule has 0 saturated carbocycles. The molecule has 0 fully saturated rings. The highest BCUT2D eigenvalue weighted by molar-refractivity contribution is 5.80. The van der Waals surface area contributed by atoms with Gasteiger partial charge < -0.3 is 0 Å². The summed E-state index contributed by atoms with van der Waals surface area (Å²) in [4.78, 5) is 4.52. The maximum atomic E-state index is 4.78. The molecule has 24 heavy (non-hydrogen) atoms. The predicted molar refractivity (Wildman–Crippen MR) is 94.3 cm³/mol. The molecule has 1 aromatic carbocycles. The summed E-state index contributed by atoms with van der Waals surface area (Å²) in [5.74, 6) is 0.345. The average molecular weight is 317 g/mol. The molecule has 0 bridgehead atoms. The molecule has 0 unspecified atom stereocenters. The van der Waals surface area contributed by atoms with Gasteiger partial charge in [0.2, 0.25) is 0 Å². The zero-order chi connectivity index (χ0) is 16.5. The molecule has 0 amide bonds. The zero-order valence-electron chi connectivity index (χ0n) is 13.8. The summed E-state index contributed by atoms with van der Waals surface area (Å²) in [6, 6.07) is 14.3. The first kappa shape index (κ1) is 14.6. The highest BCUT2D eigenvalue weighted by Gasteiger charge is 2.16. The van der Waals surface area contributed by atoms with Crippen LogP contribution < -0.4 is 0 Å². The van der Waals surface area contributed by atoms with Gasteiger partial charge in [0, 0.05) is 11.6 Å². The van der Waals surface area contributed by atoms with Gasteiger partial charge in [0.25, 0.3) is 0 Å². The van der Waals surface area contributed by atoms with Crippen molar-refractivity contribution in [1.82, 2.24) is 24.5 Å². The van der Waals surface area contributed by atoms with Crippen LogP contribution in [-0.4, -0.2) is 24.5 Å². The fraction of sp³-hybridized carbons (Fsp3) is 0.211. The highest BCUT2D eigenvalue weighted by Crippen LogP contribution is 2.25. The van der Waals surface area contributed by atoms with Crippen LogP contribution in [0.1, 0.15) is 31.0 Å². The molecule has 0 atom stereocenters. The van der Waals surface area contributed by atoms with Crippen molar-refractivity contribution in [3.8, 4) is 5.69 Å². The second-order valence-electron chi connectivity index (χ2n) is 6.21. The van der Waals surface area contributed by atoms with Crippen LogP contribution in [0.15, 0.2) is 61.1 Å². The fourth-order valence-corrected chi connectivity index (χ4v) is 2.90. The van der Waals surface area contributed by atoms with Crippen LogP contribution >= 0.6 is 0 Å². The maximum Gasteiger partial charge on any atom is 0.163 e. The minimum absolute atomic E-state index is 0.345. The molecule has 0 N–H and O–H groups in total. The Kier molecular flexibility index (Phi) is 3.61. The van der Waals surface area contributed by atoms with E-state index >= 15 is 0 Å². The molecule has 5 heteroatoms. The lowest BCUT2D eigenvalue weighted by molar-refractivity contribution is 0.686. The van der Waals surface area contributed by atoms with Crippen LogP contribution in [0.2, 0.25) is 0 Å². The van der Waals surface area contributed by atoms with E-state index in [1.54, 1.807) is 6.20 Å². The normalized spacial score (nSPS) is 11.5. The molecule has 3 heterocycles. The summed E-state index contributed by atoms with van der Waals surface area (Å²) in [5, 5.41) is 10.4. The number of hydrogen-bond donors (Lipinski definition) is 0. The van der Waals surface area contributed by atoms with Gasteiger partial charge in [-0.25, -0.2) is 9.67 Å². The van der Waals surface area contributed by atoms with Gasteiger partial charge in [-0.3, -0.25) is 4.68 Å². The minimum atomic E-state index is 0.345. The molecule has 0 radical (unpaired) electrons. The molecule has 3 aromatic heterocycles. The Morgan fingerprint density at radius 1 is 1.04 bits per heavy atom. The van der Waals surface area contributed by atoms with E-state index in [0.717, 1.165) is 29.0 Å². The van der Waals surface area contributed by atoms with Crippen molar-refractivity contribution in [3.63, 3.8) is 0 Å². The third-order valence-corrected chi connectivity index (χ3v) is 4.07. The first-order chi connectivity index (χ1) is 11.7. The van der Waals surface area contributed by atoms with E-state index < -0.39 is 0 Å². The molecule has 120 valence electrons. The fourth-order valence-electron chi connectivity index (χ4n) is 2.90. The van der Waals surface area contributed by atoms with Gasteiger partial charge in [0.1, 0.15) is 5.69 Å². The molecule has 0 saturated heterocycles. The van der Waals surface area contributed by atoms with E-state index in [1.807, 2.05) is 46.0 Å². The molecular formula is C19H19N5. The van der Waals surface area contributed by atoms with Gasteiger partial charge in [-0.2, -0.15) is 10.2 Å². The van der Waals surface area contributed by atoms with E-state index in [4.69, 9.17) is 5.10 Å². The molecule has 4 rings (SSSR count). The summed E-state index contributed by atoms with van der Waals surface area (Å²) in [7, 11) is 0. The Bertz CT molecular complexity index is 966. The first-order valence-electron chi connectivity index (χ1n) is 8.13. The molecular weight excluding hydrogens is 298 g/mol. The number of nitrogens with zero attached hydrogens (tertiary/aromatic N) is 5. The number of benzene rings is 1. The smallest absolute Gasteiger partial charge is 0.163 e. The van der Waals surface area contributed by atoms with Crippen molar-refractivity contribution in [1.29, 1.82) is 0 Å². The molecule has 0 aliphatic heterocycles. The van der Waals surface area contributed by atoms with Crippen molar-refractivity contribution in [2.45, 2.75) is 26.3 Å². The van der Waals surface area contributed by atoms with E-state index in [-0.39, 0.29) is 0 Å². The van der Waals surface area contributed by atoms with Crippen molar-refractivity contribution >= 4 is 11.0 Å². The summed E-state index contributed by atoms with van der Waals surface area (Å²) < 4.78 is 3.81. The molecule has 0 spiro atoms. The number of hydrogen-bond acceptors (Lipinski definition) is 3. The standard InChI is InChI=1S/C19H19N5/c1-14(2)18-17-9-6-10-20-19(17)24(22-18)16-11-21-23(13-16)12-15-7-4-3-5-8-15/h3-11,13-14H,12H2,1-2H3. The SMILES string of the molecule is CC(C)c1nn(-c2cnn(Cc3ccccc3)c2)c2ncccc12. The lowest BCUT2D eigenvalue weighted by atomic mass is 10.1. The minimum Gasteiger partial charge on any atom is -0.266 e. The molecule has 0 aliphatic rings. The van der Waals surface area contributed by atoms with Crippen LogP contribution in [-0.2, 0) is 6.54 Å². The molecule has 4 aromatic rings. The van der Waals surface area contributed by atoms with Crippen LogP contribution in [0.3, 0.4) is 0 Å². The van der Waals surface area contributed by atoms with E-state index in [0.29, 0.717) is 5.92 Å². The number of fused-ring (bicyclic) bond motifs is 1. The maximum absolute atomic E-state index is 4.78. The molecule has 5 nitrogen and oxygen atoms in total. The molecule has 0 aliphatic carbocycles. The Balaban J connectivity index is 1.73. The van der Waals surface area contributed by atoms with Gasteiger partial charge in [-0.05, 0) is 23.6 Å². The number of rotatable bonds is 4. The second-order valence-corrected chi connectivity index (χ2v) is 6.21. The zero-order valence-corrected chi connectivity index (χ0v) is 13.8. The van der Waals surface area contributed by atoms with E-state index in [9.17, 15) is 0 Å². The Hall–Kier alpha value is -2.95. The number of aromatic nitrogens is 5. The van der Waals surface area contributed by atoms with E-state index in [2.05, 4.69) is 42.1 Å². The van der Waals surface area contributed by atoms with Gasteiger partial charge in [0.15, 0.2) is 5.65 Å². The summed E-state index contributed by atoms with van der Waals surface area (Å²) in [5.41, 5.74) is 4.09. The van der Waals surface area contributed by atoms with Crippen LogP contribution in [0.25, 0.3) is 16.7 Å². The van der Waals surface area contributed by atoms with Gasteiger partial charge in [-0.1, -0.05) is 44.2 Å². The summed E-state index contributed by atoms with van der Waals surface area (Å²) in [6.07, 6.45) is 5.66. The predicted octanol–water partition coefficient (Wildman–Crippen LogP) is 3.79. The van der Waals surface area contributed by atoms with Crippen LogP contribution in [0.5, 0.6) is 0 Å². The van der Waals surface area contributed by atoms with Crippen molar-refractivity contribution in [3.05, 3.63) is 72.3 Å². The monoisotopic (exact) mass is 317 g/mol. The summed E-state index contributed by atoms with van der Waals surface area (Å²) in [6.45, 7) is 5.04. The Labute approximate surface area is 140 Å². The largest absolute Gasteiger partial charge is 0.266 e. The van der Waals surface area contributed by atoms with Crippen LogP contribution in [0.4, 0.5) is 0 Å². The van der Waals surface area contributed by atoms with Crippen LogP contribution in [0, 0.1) is 0 Å². The van der Waals surface area contributed by atoms with Gasteiger partial charge in [0.05, 0.1) is 24.6 Å². The Morgan fingerprint density at radius 3 is 2.67 bits per heavy atom. The van der Waals surface area contributed by atoms with E-state index in [1.165, 1.54) is 5.56 Å². The average Bonchev–Trinajstić information content (AvgIpc) is 3.20. The lowest BCUT2D eigenvalue weighted by Crippen LogP contribution is -2.00.